The van der Waals surface area contributed by atoms with Gasteiger partial charge in [-0.05, 0) is 30.9 Å². The smallest absolute Gasteiger partial charge is 0.227 e. The average molecular weight is 341 g/mol. The van der Waals surface area contributed by atoms with Gasteiger partial charge in [-0.2, -0.15) is 4.98 Å². The third-order valence-electron chi connectivity index (χ3n) is 4.95. The van der Waals surface area contributed by atoms with Gasteiger partial charge in [-0.15, -0.1) is 0 Å². The van der Waals surface area contributed by atoms with E-state index in [0.717, 1.165) is 44.0 Å². The highest BCUT2D eigenvalue weighted by Crippen LogP contribution is 2.41. The summed E-state index contributed by atoms with van der Waals surface area (Å²) in [5.41, 5.74) is 7.70. The van der Waals surface area contributed by atoms with Gasteiger partial charge in [0, 0.05) is 39.6 Å². The van der Waals surface area contributed by atoms with Crippen LogP contribution in [0.25, 0.3) is 0 Å². The van der Waals surface area contributed by atoms with E-state index in [2.05, 4.69) is 19.9 Å². The number of ether oxygens (including phenoxy) is 1. The highest BCUT2D eigenvalue weighted by atomic mass is 16.5. The lowest BCUT2D eigenvalue weighted by atomic mass is 9.83. The Balaban J connectivity index is 1.60. The highest BCUT2D eigenvalue weighted by Gasteiger charge is 2.43. The number of piperidine rings is 1. The third-order valence-corrected chi connectivity index (χ3v) is 4.95. The fourth-order valence-corrected chi connectivity index (χ4v) is 3.58. The molecule has 8 nitrogen and oxygen atoms in total. The lowest BCUT2D eigenvalue weighted by molar-refractivity contribution is -0.0802. The van der Waals surface area contributed by atoms with Crippen LogP contribution < -0.4 is 15.5 Å². The topological polar surface area (TPSA) is 93.3 Å². The van der Waals surface area contributed by atoms with Crippen molar-refractivity contribution in [3.8, 4) is 0 Å². The molecule has 0 atom stereocenters. The van der Waals surface area contributed by atoms with E-state index in [1.807, 2.05) is 25.2 Å². The van der Waals surface area contributed by atoms with E-state index in [1.54, 1.807) is 12.3 Å². The quantitative estimate of drug-likeness (QED) is 0.864. The first-order chi connectivity index (χ1) is 12.1. The summed E-state index contributed by atoms with van der Waals surface area (Å²) in [7, 11) is 3.91. The van der Waals surface area contributed by atoms with Gasteiger partial charge in [-0.25, -0.2) is 15.0 Å². The standard InChI is InChI=1S/C17H23N7O/c1-23(2)15-20-11-12-4-10-25-17(14(12)22-15)5-8-24(9-6-17)16-19-7-3-13(18)21-16/h3,7,11H,4-6,8-10H2,1-2H3,(H2,18,19,21). The number of anilines is 3. The van der Waals surface area contributed by atoms with Crippen LogP contribution in [-0.2, 0) is 16.8 Å². The Labute approximate surface area is 147 Å². The minimum absolute atomic E-state index is 0.335. The Kier molecular flexibility index (Phi) is 3.91. The maximum atomic E-state index is 6.27. The largest absolute Gasteiger partial charge is 0.384 e. The van der Waals surface area contributed by atoms with Gasteiger partial charge in [0.2, 0.25) is 11.9 Å². The zero-order valence-corrected chi connectivity index (χ0v) is 14.6. The number of hydrogen-bond acceptors (Lipinski definition) is 8. The van der Waals surface area contributed by atoms with Crippen molar-refractivity contribution in [2.24, 2.45) is 0 Å². The number of hydrogen-bond donors (Lipinski definition) is 1. The molecule has 0 aliphatic carbocycles. The molecule has 4 heterocycles. The molecular formula is C17H23N7O. The summed E-state index contributed by atoms with van der Waals surface area (Å²) < 4.78 is 6.27. The minimum Gasteiger partial charge on any atom is -0.384 e. The van der Waals surface area contributed by atoms with Crippen molar-refractivity contribution in [1.29, 1.82) is 0 Å². The van der Waals surface area contributed by atoms with Gasteiger partial charge < -0.3 is 20.3 Å². The first-order valence-electron chi connectivity index (χ1n) is 8.58. The van der Waals surface area contributed by atoms with Gasteiger partial charge in [0.15, 0.2) is 0 Å². The van der Waals surface area contributed by atoms with E-state index in [0.29, 0.717) is 18.4 Å². The number of rotatable bonds is 2. The Morgan fingerprint density at radius 2 is 2.00 bits per heavy atom. The molecule has 2 aliphatic rings. The molecule has 0 radical (unpaired) electrons. The van der Waals surface area contributed by atoms with Crippen LogP contribution in [-0.4, -0.2) is 53.7 Å². The molecule has 132 valence electrons. The van der Waals surface area contributed by atoms with Crippen molar-refractivity contribution in [3.05, 3.63) is 29.7 Å². The van der Waals surface area contributed by atoms with E-state index in [-0.39, 0.29) is 5.60 Å². The molecule has 2 aromatic rings. The first-order valence-corrected chi connectivity index (χ1v) is 8.58. The molecule has 0 saturated carbocycles. The first kappa shape index (κ1) is 16.0. The van der Waals surface area contributed by atoms with Gasteiger partial charge in [-0.1, -0.05) is 0 Å². The van der Waals surface area contributed by atoms with Crippen molar-refractivity contribution in [1.82, 2.24) is 19.9 Å². The van der Waals surface area contributed by atoms with E-state index in [4.69, 9.17) is 15.5 Å². The monoisotopic (exact) mass is 341 g/mol. The summed E-state index contributed by atoms with van der Waals surface area (Å²) in [6.45, 7) is 2.33. The maximum absolute atomic E-state index is 6.27. The molecule has 4 rings (SSSR count). The predicted molar refractivity (Wildman–Crippen MR) is 95.6 cm³/mol. The van der Waals surface area contributed by atoms with Crippen molar-refractivity contribution < 1.29 is 4.74 Å². The van der Waals surface area contributed by atoms with Gasteiger partial charge >= 0.3 is 0 Å². The van der Waals surface area contributed by atoms with Crippen LogP contribution in [0.2, 0.25) is 0 Å². The number of fused-ring (bicyclic) bond motifs is 2. The molecule has 2 N–H and O–H groups in total. The van der Waals surface area contributed by atoms with E-state index in [9.17, 15) is 0 Å². The second-order valence-corrected chi connectivity index (χ2v) is 6.80. The molecule has 0 bridgehead atoms. The van der Waals surface area contributed by atoms with Crippen LogP contribution in [0.4, 0.5) is 17.7 Å². The summed E-state index contributed by atoms with van der Waals surface area (Å²) in [6.07, 6.45) is 6.22. The molecular weight excluding hydrogens is 318 g/mol. The van der Waals surface area contributed by atoms with E-state index in [1.165, 1.54) is 5.56 Å². The van der Waals surface area contributed by atoms with Crippen LogP contribution in [0.15, 0.2) is 18.5 Å². The van der Waals surface area contributed by atoms with Crippen molar-refractivity contribution >= 4 is 17.7 Å². The Hall–Kier alpha value is -2.48. The molecule has 0 unspecified atom stereocenters. The minimum atomic E-state index is -0.335. The highest BCUT2D eigenvalue weighted by molar-refractivity contribution is 5.40. The van der Waals surface area contributed by atoms with Crippen LogP contribution >= 0.6 is 0 Å². The number of nitrogen functional groups attached to an aromatic ring is 1. The second-order valence-electron chi connectivity index (χ2n) is 6.80. The molecule has 1 spiro atoms. The van der Waals surface area contributed by atoms with Crippen molar-refractivity contribution in [2.75, 3.05) is 49.3 Å². The summed E-state index contributed by atoms with van der Waals surface area (Å²) in [5.74, 6) is 1.90. The zero-order valence-electron chi connectivity index (χ0n) is 14.6. The van der Waals surface area contributed by atoms with Gasteiger partial charge in [-0.3, -0.25) is 0 Å². The van der Waals surface area contributed by atoms with Crippen LogP contribution in [0.3, 0.4) is 0 Å². The van der Waals surface area contributed by atoms with Crippen LogP contribution in [0.1, 0.15) is 24.1 Å². The normalized spacial score (nSPS) is 18.9. The van der Waals surface area contributed by atoms with Gasteiger partial charge in [0.1, 0.15) is 11.4 Å². The average Bonchev–Trinajstić information content (AvgIpc) is 2.62. The van der Waals surface area contributed by atoms with Gasteiger partial charge in [0.05, 0.1) is 12.3 Å². The van der Waals surface area contributed by atoms with Crippen molar-refractivity contribution in [2.45, 2.75) is 24.9 Å². The summed E-state index contributed by atoms with van der Waals surface area (Å²) in [4.78, 5) is 22.0. The zero-order chi connectivity index (χ0) is 17.4. The number of nitrogens with two attached hydrogens (primary N) is 1. The van der Waals surface area contributed by atoms with Crippen LogP contribution in [0, 0.1) is 0 Å². The fraction of sp³-hybridized carbons (Fsp3) is 0.529. The second kappa shape index (κ2) is 6.11. The van der Waals surface area contributed by atoms with Crippen LogP contribution in [0.5, 0.6) is 0 Å². The Morgan fingerprint density at radius 3 is 2.72 bits per heavy atom. The maximum Gasteiger partial charge on any atom is 0.227 e. The van der Waals surface area contributed by atoms with E-state index < -0.39 is 0 Å². The molecule has 2 aliphatic heterocycles. The molecule has 1 saturated heterocycles. The Morgan fingerprint density at radius 1 is 1.20 bits per heavy atom. The summed E-state index contributed by atoms with van der Waals surface area (Å²) in [5, 5.41) is 0. The lowest BCUT2D eigenvalue weighted by Gasteiger charge is -2.44. The molecule has 2 aromatic heterocycles. The van der Waals surface area contributed by atoms with Crippen molar-refractivity contribution in [3.63, 3.8) is 0 Å². The molecule has 8 heteroatoms. The number of aromatic nitrogens is 4. The summed E-state index contributed by atoms with van der Waals surface area (Å²) in [6, 6.07) is 1.70. The predicted octanol–water partition coefficient (Wildman–Crippen LogP) is 0.983. The fourth-order valence-electron chi connectivity index (χ4n) is 3.58. The SMILES string of the molecule is CN(C)c1ncc2c(n1)C1(CCN(c3nccc(N)n3)CC1)OCC2. The summed E-state index contributed by atoms with van der Waals surface area (Å²) >= 11 is 0. The van der Waals surface area contributed by atoms with E-state index >= 15 is 0 Å². The Bertz CT molecular complexity index is 771. The van der Waals surface area contributed by atoms with Gasteiger partial charge in [0.25, 0.3) is 0 Å². The molecule has 1 fully saturated rings. The third kappa shape index (κ3) is 2.86. The molecule has 0 amide bonds. The number of nitrogens with zero attached hydrogens (tertiary/aromatic N) is 6. The molecule has 25 heavy (non-hydrogen) atoms. The lowest BCUT2D eigenvalue weighted by Crippen LogP contribution is -2.47. The molecule has 0 aromatic carbocycles.